The van der Waals surface area contributed by atoms with Gasteiger partial charge in [0.1, 0.15) is 22.8 Å². The summed E-state index contributed by atoms with van der Waals surface area (Å²) in [5, 5.41) is 2.59. The number of rotatable bonds is 3. The minimum absolute atomic E-state index is 0.0525. The van der Waals surface area contributed by atoms with Crippen molar-refractivity contribution in [2.75, 3.05) is 6.54 Å². The number of thiazole rings is 1. The van der Waals surface area contributed by atoms with E-state index in [9.17, 15) is 4.79 Å². The Morgan fingerprint density at radius 1 is 1.42 bits per heavy atom. The van der Waals surface area contributed by atoms with Crippen molar-refractivity contribution in [1.82, 2.24) is 19.9 Å². The molecule has 0 radical (unpaired) electrons. The van der Waals surface area contributed by atoms with E-state index < -0.39 is 0 Å². The number of hydrogen-bond donors (Lipinski definition) is 0. The summed E-state index contributed by atoms with van der Waals surface area (Å²) in [6.45, 7) is 3.21. The summed E-state index contributed by atoms with van der Waals surface area (Å²) >= 11 is 1.45. The van der Waals surface area contributed by atoms with Crippen LogP contribution in [0.4, 0.5) is 0 Å². The van der Waals surface area contributed by atoms with E-state index >= 15 is 0 Å². The van der Waals surface area contributed by atoms with Gasteiger partial charge in [0.15, 0.2) is 0 Å². The third kappa shape index (κ3) is 2.71. The van der Waals surface area contributed by atoms with Gasteiger partial charge in [-0.25, -0.2) is 15.0 Å². The third-order valence-electron chi connectivity index (χ3n) is 4.09. The maximum atomic E-state index is 12.8. The Kier molecular flexibility index (Phi) is 3.86. The van der Waals surface area contributed by atoms with Gasteiger partial charge in [-0.3, -0.25) is 4.79 Å². The molecule has 0 aromatic carbocycles. The maximum absolute atomic E-state index is 12.8. The second-order valence-corrected chi connectivity index (χ2v) is 6.50. The molecule has 0 saturated heterocycles. The first-order chi connectivity index (χ1) is 11.7. The normalized spacial score (nSPS) is 13.8. The van der Waals surface area contributed by atoms with Gasteiger partial charge in [0.25, 0.3) is 5.91 Å². The van der Waals surface area contributed by atoms with E-state index in [2.05, 4.69) is 15.0 Å². The molecule has 4 rings (SSSR count). The second kappa shape index (κ2) is 6.16. The number of hydrogen-bond acceptors (Lipinski definition) is 6. The van der Waals surface area contributed by atoms with E-state index in [1.165, 1.54) is 11.3 Å². The van der Waals surface area contributed by atoms with E-state index in [0.29, 0.717) is 18.8 Å². The van der Waals surface area contributed by atoms with Crippen LogP contribution < -0.4 is 0 Å². The van der Waals surface area contributed by atoms with Crippen LogP contribution >= 0.6 is 11.3 Å². The molecule has 0 unspecified atom stereocenters. The van der Waals surface area contributed by atoms with Gasteiger partial charge >= 0.3 is 0 Å². The average Bonchev–Trinajstić information content (AvgIpc) is 3.31. The van der Waals surface area contributed by atoms with Crippen LogP contribution in [0.1, 0.15) is 34.5 Å². The van der Waals surface area contributed by atoms with Crippen molar-refractivity contribution in [1.29, 1.82) is 0 Å². The predicted octanol–water partition coefficient (Wildman–Crippen LogP) is 2.95. The van der Waals surface area contributed by atoms with Gasteiger partial charge in [-0.1, -0.05) is 6.92 Å². The average molecular weight is 340 g/mol. The number of aromatic nitrogens is 3. The lowest BCUT2D eigenvalue weighted by molar-refractivity contribution is 0.0726. The fourth-order valence-corrected chi connectivity index (χ4v) is 3.52. The van der Waals surface area contributed by atoms with Gasteiger partial charge < -0.3 is 9.32 Å². The molecule has 3 aromatic heterocycles. The van der Waals surface area contributed by atoms with E-state index in [1.807, 2.05) is 24.1 Å². The van der Waals surface area contributed by atoms with Crippen LogP contribution in [0.25, 0.3) is 10.6 Å². The highest BCUT2D eigenvalue weighted by molar-refractivity contribution is 7.13. The van der Waals surface area contributed by atoms with Gasteiger partial charge in [0, 0.05) is 30.1 Å². The number of amides is 1. The van der Waals surface area contributed by atoms with Crippen LogP contribution in [0.15, 0.2) is 34.6 Å². The summed E-state index contributed by atoms with van der Waals surface area (Å²) in [6.07, 6.45) is 6.70. The van der Waals surface area contributed by atoms with E-state index in [1.54, 1.807) is 17.9 Å². The number of carbonyl (C=O) groups excluding carboxylic acids is 1. The van der Waals surface area contributed by atoms with Gasteiger partial charge in [-0.15, -0.1) is 11.3 Å². The van der Waals surface area contributed by atoms with Gasteiger partial charge in [0.05, 0.1) is 18.5 Å². The van der Waals surface area contributed by atoms with Gasteiger partial charge in [-0.2, -0.15) is 0 Å². The Morgan fingerprint density at radius 3 is 3.12 bits per heavy atom. The van der Waals surface area contributed by atoms with E-state index in [0.717, 1.165) is 40.5 Å². The zero-order valence-corrected chi connectivity index (χ0v) is 14.0. The molecule has 3 aromatic rings. The molecule has 122 valence electrons. The molecule has 0 spiro atoms. The van der Waals surface area contributed by atoms with Crippen molar-refractivity contribution >= 4 is 17.2 Å². The van der Waals surface area contributed by atoms with Gasteiger partial charge in [-0.05, 0) is 18.1 Å². The Balaban J connectivity index is 1.55. The Labute approximate surface area is 143 Å². The summed E-state index contributed by atoms with van der Waals surface area (Å²) in [5.41, 5.74) is 3.45. The van der Waals surface area contributed by atoms with Crippen LogP contribution in [0.3, 0.4) is 0 Å². The van der Waals surface area contributed by atoms with Crippen LogP contribution in [0.5, 0.6) is 0 Å². The summed E-state index contributed by atoms with van der Waals surface area (Å²) in [4.78, 5) is 27.9. The Hall–Kier alpha value is -2.54. The van der Waals surface area contributed by atoms with Crippen molar-refractivity contribution < 1.29 is 9.21 Å². The number of nitrogens with zero attached hydrogens (tertiary/aromatic N) is 4. The fraction of sp³-hybridized carbons (Fsp3) is 0.294. The number of fused-ring (bicyclic) bond motifs is 1. The minimum Gasteiger partial charge on any atom is -0.472 e. The summed E-state index contributed by atoms with van der Waals surface area (Å²) in [6, 6.07) is 1.84. The molecule has 1 aliphatic rings. The highest BCUT2D eigenvalue weighted by Gasteiger charge is 2.25. The van der Waals surface area contributed by atoms with Gasteiger partial charge in [0.2, 0.25) is 0 Å². The van der Waals surface area contributed by atoms with Crippen LogP contribution in [0.2, 0.25) is 0 Å². The number of carbonyl (C=O) groups is 1. The molecule has 24 heavy (non-hydrogen) atoms. The molecule has 0 bridgehead atoms. The monoisotopic (exact) mass is 340 g/mol. The quantitative estimate of drug-likeness (QED) is 0.733. The topological polar surface area (TPSA) is 72.1 Å². The van der Waals surface area contributed by atoms with Crippen molar-refractivity contribution in [2.24, 2.45) is 0 Å². The molecule has 1 amide bonds. The van der Waals surface area contributed by atoms with Crippen molar-refractivity contribution in [3.05, 3.63) is 52.9 Å². The number of aryl methyl sites for hydroxylation is 1. The smallest absolute Gasteiger partial charge is 0.273 e. The first-order valence-corrected chi connectivity index (χ1v) is 8.73. The second-order valence-electron chi connectivity index (χ2n) is 5.64. The Morgan fingerprint density at radius 2 is 2.33 bits per heavy atom. The molecule has 6 nitrogen and oxygen atoms in total. The van der Waals surface area contributed by atoms with Crippen molar-refractivity contribution in [3.8, 4) is 10.6 Å². The zero-order chi connectivity index (χ0) is 16.5. The standard InChI is InChI=1S/C17H16N4O2S/c1-2-15-18-7-11-3-5-21(8-13(11)19-15)17(22)14-10-24-16(20-14)12-4-6-23-9-12/h4,6-7,9-10H,2-3,5,8H2,1H3. The minimum atomic E-state index is -0.0525. The number of furan rings is 1. The van der Waals surface area contributed by atoms with Crippen LogP contribution in [-0.4, -0.2) is 32.3 Å². The first-order valence-electron chi connectivity index (χ1n) is 7.85. The molecular weight excluding hydrogens is 324 g/mol. The molecule has 0 saturated carbocycles. The largest absolute Gasteiger partial charge is 0.472 e. The molecule has 1 aliphatic heterocycles. The van der Waals surface area contributed by atoms with Crippen LogP contribution in [-0.2, 0) is 19.4 Å². The molecule has 0 atom stereocenters. The Bertz CT molecular complexity index is 873. The van der Waals surface area contributed by atoms with Crippen molar-refractivity contribution in [3.63, 3.8) is 0 Å². The molecule has 4 heterocycles. The summed E-state index contributed by atoms with van der Waals surface area (Å²) < 4.78 is 5.07. The third-order valence-corrected chi connectivity index (χ3v) is 4.98. The molecule has 0 N–H and O–H groups in total. The lowest BCUT2D eigenvalue weighted by Crippen LogP contribution is -2.36. The predicted molar refractivity (Wildman–Crippen MR) is 89.7 cm³/mol. The van der Waals surface area contributed by atoms with Crippen molar-refractivity contribution in [2.45, 2.75) is 26.3 Å². The van der Waals surface area contributed by atoms with E-state index in [-0.39, 0.29) is 5.91 Å². The highest BCUT2D eigenvalue weighted by atomic mass is 32.1. The zero-order valence-electron chi connectivity index (χ0n) is 13.2. The molecule has 0 fully saturated rings. The summed E-state index contributed by atoms with van der Waals surface area (Å²) in [7, 11) is 0. The van der Waals surface area contributed by atoms with Crippen LogP contribution in [0, 0.1) is 0 Å². The fourth-order valence-electron chi connectivity index (χ4n) is 2.74. The first kappa shape index (κ1) is 15.0. The lowest BCUT2D eigenvalue weighted by atomic mass is 10.1. The molecule has 0 aliphatic carbocycles. The molecular formula is C17H16N4O2S. The lowest BCUT2D eigenvalue weighted by Gasteiger charge is -2.27. The van der Waals surface area contributed by atoms with E-state index in [4.69, 9.17) is 4.42 Å². The highest BCUT2D eigenvalue weighted by Crippen LogP contribution is 2.25. The SMILES string of the molecule is CCc1ncc2c(n1)CN(C(=O)c1csc(-c3ccoc3)n1)CC2. The maximum Gasteiger partial charge on any atom is 0.273 e. The molecule has 7 heteroatoms. The summed E-state index contributed by atoms with van der Waals surface area (Å²) in [5.74, 6) is 0.766.